The number of aryl methyl sites for hydroxylation is 1. The standard InChI is InChI=1S/C29H20ClF3N4O4/c1-36-14-34-29(40)25-21(36)13-22(41-2)24(26(25)33)16-5-4-10-37-19(16)7-8-20(37)28(39)15-11-17(31)27(18(32)12-15)35-23(38)6-3-9-30/h3-8,10-14H,9H2,1-2H3,(H,35,38)/b6-3+. The number of nitrogens with one attached hydrogen (secondary N) is 1. The predicted octanol–water partition coefficient (Wildman–Crippen LogP) is 5.24. The van der Waals surface area contributed by atoms with Crippen molar-refractivity contribution in [3.8, 4) is 16.9 Å². The molecule has 0 aliphatic rings. The number of rotatable bonds is 7. The summed E-state index contributed by atoms with van der Waals surface area (Å²) in [7, 11) is 2.98. The summed E-state index contributed by atoms with van der Waals surface area (Å²) in [4.78, 5) is 41.4. The summed E-state index contributed by atoms with van der Waals surface area (Å²) >= 11 is 5.46. The molecular formula is C29H20ClF3N4O4. The smallest absolute Gasteiger partial charge is 0.283 e. The minimum atomic E-state index is -1.15. The van der Waals surface area contributed by atoms with Crippen molar-refractivity contribution in [1.82, 2.24) is 14.0 Å². The Labute approximate surface area is 235 Å². The molecule has 0 unspecified atom stereocenters. The maximum atomic E-state index is 16.0. The Morgan fingerprint density at radius 2 is 1.83 bits per heavy atom. The summed E-state index contributed by atoms with van der Waals surface area (Å²) in [6, 6.07) is 9.25. The molecule has 41 heavy (non-hydrogen) atoms. The highest BCUT2D eigenvalue weighted by Crippen LogP contribution is 2.39. The molecule has 3 heterocycles. The van der Waals surface area contributed by atoms with Crippen LogP contribution in [0.15, 0.2) is 71.9 Å². The predicted molar refractivity (Wildman–Crippen MR) is 148 cm³/mol. The fourth-order valence-corrected chi connectivity index (χ4v) is 4.69. The van der Waals surface area contributed by atoms with Gasteiger partial charge in [-0.25, -0.2) is 13.2 Å². The summed E-state index contributed by atoms with van der Waals surface area (Å²) < 4.78 is 53.9. The lowest BCUT2D eigenvalue weighted by Gasteiger charge is -2.15. The summed E-state index contributed by atoms with van der Waals surface area (Å²) in [6.45, 7) is 0. The van der Waals surface area contributed by atoms with E-state index in [-0.39, 0.29) is 39.4 Å². The van der Waals surface area contributed by atoms with Gasteiger partial charge in [0.15, 0.2) is 0 Å². The van der Waals surface area contributed by atoms with Gasteiger partial charge in [0.25, 0.3) is 5.56 Å². The van der Waals surface area contributed by atoms with E-state index in [1.807, 2.05) is 0 Å². The fraction of sp³-hybridized carbons (Fsp3) is 0.103. The van der Waals surface area contributed by atoms with Gasteiger partial charge in [-0.15, -0.1) is 11.6 Å². The zero-order chi connectivity index (χ0) is 29.4. The van der Waals surface area contributed by atoms with Crippen LogP contribution < -0.4 is 15.6 Å². The number of hydrogen-bond donors (Lipinski definition) is 1. The van der Waals surface area contributed by atoms with Gasteiger partial charge < -0.3 is 19.0 Å². The number of carbonyl (C=O) groups excluding carboxylic acids is 2. The van der Waals surface area contributed by atoms with Crippen LogP contribution in [0.2, 0.25) is 0 Å². The fourth-order valence-electron chi connectivity index (χ4n) is 4.60. The molecule has 0 aliphatic heterocycles. The van der Waals surface area contributed by atoms with E-state index < -0.39 is 40.4 Å². The normalized spacial score (nSPS) is 11.5. The van der Waals surface area contributed by atoms with E-state index in [2.05, 4.69) is 10.3 Å². The van der Waals surface area contributed by atoms with Crippen LogP contribution in [-0.4, -0.2) is 38.6 Å². The van der Waals surface area contributed by atoms with Gasteiger partial charge in [-0.1, -0.05) is 12.1 Å². The zero-order valence-electron chi connectivity index (χ0n) is 21.5. The second-order valence-electron chi connectivity index (χ2n) is 8.91. The highest BCUT2D eigenvalue weighted by atomic mass is 35.5. The van der Waals surface area contributed by atoms with Crippen LogP contribution in [0.25, 0.3) is 27.5 Å². The molecule has 0 saturated heterocycles. The lowest BCUT2D eigenvalue weighted by Crippen LogP contribution is -2.13. The Kier molecular flexibility index (Phi) is 7.38. The minimum absolute atomic E-state index is 0.0202. The molecule has 8 nitrogen and oxygen atoms in total. The Bertz CT molecular complexity index is 1940. The molecular weight excluding hydrogens is 561 g/mol. The quantitative estimate of drug-likeness (QED) is 0.161. The Hall–Kier alpha value is -4.90. The molecule has 5 aromatic rings. The number of amides is 1. The molecule has 0 aliphatic carbocycles. The summed E-state index contributed by atoms with van der Waals surface area (Å²) in [5.41, 5.74) is -0.834. The topological polar surface area (TPSA) is 94.7 Å². The van der Waals surface area contributed by atoms with Gasteiger partial charge in [0.05, 0.1) is 35.7 Å². The number of alkyl halides is 1. The Balaban J connectivity index is 1.61. The van der Waals surface area contributed by atoms with Crippen LogP contribution in [0.4, 0.5) is 18.9 Å². The first-order valence-corrected chi connectivity index (χ1v) is 12.6. The molecule has 0 saturated carbocycles. The van der Waals surface area contributed by atoms with E-state index in [4.69, 9.17) is 16.3 Å². The SMILES string of the molecule is COc1cc2c(c(F)c1-c1cccn3c(C(=O)c4cc(F)c(NC(=O)/C=C/CCl)c(F)c4)ccc13)c(=O)ncn2C. The van der Waals surface area contributed by atoms with E-state index in [1.54, 1.807) is 19.2 Å². The minimum Gasteiger partial charge on any atom is -0.496 e. The van der Waals surface area contributed by atoms with Crippen molar-refractivity contribution in [2.75, 3.05) is 18.3 Å². The Morgan fingerprint density at radius 1 is 1.10 bits per heavy atom. The van der Waals surface area contributed by atoms with Crippen LogP contribution in [-0.2, 0) is 11.8 Å². The maximum Gasteiger partial charge on any atom is 0.283 e. The molecule has 0 bridgehead atoms. The van der Waals surface area contributed by atoms with Crippen LogP contribution >= 0.6 is 11.6 Å². The summed E-state index contributed by atoms with van der Waals surface area (Å²) in [5, 5.41) is 1.85. The van der Waals surface area contributed by atoms with Crippen molar-refractivity contribution >= 4 is 45.4 Å². The van der Waals surface area contributed by atoms with Crippen LogP contribution in [0.5, 0.6) is 5.75 Å². The van der Waals surface area contributed by atoms with E-state index in [1.165, 1.54) is 52.9 Å². The van der Waals surface area contributed by atoms with Crippen molar-refractivity contribution in [2.45, 2.75) is 0 Å². The number of halogens is 4. The second kappa shape index (κ2) is 10.9. The van der Waals surface area contributed by atoms with Crippen molar-refractivity contribution in [3.05, 3.63) is 106 Å². The van der Waals surface area contributed by atoms with Crippen LogP contribution in [0.1, 0.15) is 16.1 Å². The third-order valence-electron chi connectivity index (χ3n) is 6.48. The van der Waals surface area contributed by atoms with E-state index in [0.717, 1.165) is 18.2 Å². The number of benzene rings is 2. The van der Waals surface area contributed by atoms with Crippen molar-refractivity contribution in [3.63, 3.8) is 0 Å². The molecule has 0 radical (unpaired) electrons. The first-order valence-electron chi connectivity index (χ1n) is 12.1. The number of fused-ring (bicyclic) bond motifs is 2. The first kappa shape index (κ1) is 27.7. The number of allylic oxidation sites excluding steroid dienone is 1. The molecule has 12 heteroatoms. The number of anilines is 1. The Morgan fingerprint density at radius 3 is 2.51 bits per heavy atom. The number of nitrogens with zero attached hydrogens (tertiary/aromatic N) is 3. The summed E-state index contributed by atoms with van der Waals surface area (Å²) in [5.74, 6) is -4.50. The van der Waals surface area contributed by atoms with Crippen molar-refractivity contribution in [1.29, 1.82) is 0 Å². The monoisotopic (exact) mass is 580 g/mol. The third kappa shape index (κ3) is 4.84. The van der Waals surface area contributed by atoms with E-state index >= 15 is 4.39 Å². The maximum absolute atomic E-state index is 16.0. The molecule has 2 aromatic carbocycles. The molecule has 3 aromatic heterocycles. The third-order valence-corrected chi connectivity index (χ3v) is 6.65. The molecule has 1 N–H and O–H groups in total. The first-order chi connectivity index (χ1) is 19.7. The van der Waals surface area contributed by atoms with Gasteiger partial charge >= 0.3 is 0 Å². The number of ketones is 1. The highest BCUT2D eigenvalue weighted by molar-refractivity contribution is 6.19. The molecule has 5 rings (SSSR count). The highest BCUT2D eigenvalue weighted by Gasteiger charge is 2.24. The second-order valence-corrected chi connectivity index (χ2v) is 9.22. The zero-order valence-corrected chi connectivity index (χ0v) is 22.3. The van der Waals surface area contributed by atoms with Crippen molar-refractivity contribution < 1.29 is 27.5 Å². The lowest BCUT2D eigenvalue weighted by molar-refractivity contribution is -0.112. The van der Waals surface area contributed by atoms with Gasteiger partial charge in [0, 0.05) is 42.4 Å². The molecule has 0 spiro atoms. The number of ether oxygens (including phenoxy) is 1. The van der Waals surface area contributed by atoms with Crippen molar-refractivity contribution in [2.24, 2.45) is 7.05 Å². The number of methoxy groups -OCH3 is 1. The van der Waals surface area contributed by atoms with Gasteiger partial charge in [0.2, 0.25) is 11.7 Å². The number of carbonyl (C=O) groups is 2. The van der Waals surface area contributed by atoms with Crippen LogP contribution in [0.3, 0.4) is 0 Å². The summed E-state index contributed by atoms with van der Waals surface area (Å²) in [6.07, 6.45) is 5.13. The molecule has 1 amide bonds. The largest absolute Gasteiger partial charge is 0.496 e. The van der Waals surface area contributed by atoms with E-state index in [9.17, 15) is 23.2 Å². The average Bonchev–Trinajstić information content (AvgIpc) is 3.39. The van der Waals surface area contributed by atoms with Gasteiger partial charge in [0.1, 0.15) is 34.3 Å². The number of aromatic nitrogens is 3. The average molecular weight is 581 g/mol. The van der Waals surface area contributed by atoms with Gasteiger partial charge in [-0.05, 0) is 30.3 Å². The van der Waals surface area contributed by atoms with Gasteiger partial charge in [-0.2, -0.15) is 4.98 Å². The molecule has 208 valence electrons. The number of hydrogen-bond acceptors (Lipinski definition) is 5. The van der Waals surface area contributed by atoms with E-state index in [0.29, 0.717) is 11.1 Å². The molecule has 0 fully saturated rings. The van der Waals surface area contributed by atoms with Crippen LogP contribution in [0, 0.1) is 17.5 Å². The molecule has 0 atom stereocenters. The lowest BCUT2D eigenvalue weighted by atomic mass is 10.0. The number of pyridine rings is 1. The van der Waals surface area contributed by atoms with Gasteiger partial charge in [-0.3, -0.25) is 14.4 Å².